The predicted octanol–water partition coefficient (Wildman–Crippen LogP) is 2.12. The number of nitrogens with one attached hydrogen (secondary N) is 2. The molecule has 0 aliphatic carbocycles. The molecule has 0 bridgehead atoms. The fourth-order valence-corrected chi connectivity index (χ4v) is 2.45. The van der Waals surface area contributed by atoms with Crippen LogP contribution >= 0.6 is 0 Å². The average molecular weight is 321 g/mol. The van der Waals surface area contributed by atoms with Gasteiger partial charge in [0.2, 0.25) is 10.0 Å². The Labute approximate surface area is 130 Å². The number of benzene rings is 1. The van der Waals surface area contributed by atoms with Gasteiger partial charge in [-0.2, -0.15) is 0 Å². The highest BCUT2D eigenvalue weighted by molar-refractivity contribution is 7.92. The molecule has 0 unspecified atom stereocenters. The van der Waals surface area contributed by atoms with E-state index < -0.39 is 10.0 Å². The van der Waals surface area contributed by atoms with Crippen molar-refractivity contribution >= 4 is 21.5 Å². The summed E-state index contributed by atoms with van der Waals surface area (Å²) in [4.78, 5) is 4.16. The van der Waals surface area contributed by atoms with E-state index >= 15 is 0 Å². The molecule has 1 aromatic carbocycles. The Bertz CT molecular complexity index is 698. The summed E-state index contributed by atoms with van der Waals surface area (Å²) in [5, 5.41) is 3.19. The summed E-state index contributed by atoms with van der Waals surface area (Å²) in [6, 6.07) is 11.3. The Balaban J connectivity index is 1.83. The molecule has 7 heteroatoms. The van der Waals surface area contributed by atoms with Crippen LogP contribution in [-0.4, -0.2) is 33.3 Å². The molecule has 2 N–H and O–H groups in total. The van der Waals surface area contributed by atoms with Gasteiger partial charge in [-0.3, -0.25) is 4.72 Å². The van der Waals surface area contributed by atoms with Crippen molar-refractivity contribution in [1.29, 1.82) is 0 Å². The number of methoxy groups -OCH3 is 1. The maximum atomic E-state index is 11.1. The first-order valence-electron chi connectivity index (χ1n) is 6.77. The van der Waals surface area contributed by atoms with Crippen molar-refractivity contribution in [2.45, 2.75) is 6.42 Å². The number of nitrogens with zero attached hydrogens (tertiary/aromatic N) is 1. The first-order valence-corrected chi connectivity index (χ1v) is 8.66. The summed E-state index contributed by atoms with van der Waals surface area (Å²) in [7, 11) is -1.63. The maximum Gasteiger partial charge on any atom is 0.229 e. The predicted molar refractivity (Wildman–Crippen MR) is 87.9 cm³/mol. The van der Waals surface area contributed by atoms with E-state index in [1.807, 2.05) is 24.3 Å². The highest BCUT2D eigenvalue weighted by Gasteiger charge is 2.02. The van der Waals surface area contributed by atoms with Crippen molar-refractivity contribution in [1.82, 2.24) is 4.98 Å². The number of aromatic nitrogens is 1. The summed E-state index contributed by atoms with van der Waals surface area (Å²) in [6.07, 6.45) is 3.44. The highest BCUT2D eigenvalue weighted by atomic mass is 32.2. The van der Waals surface area contributed by atoms with Crippen LogP contribution in [0.4, 0.5) is 11.5 Å². The van der Waals surface area contributed by atoms with Crippen molar-refractivity contribution in [2.24, 2.45) is 0 Å². The van der Waals surface area contributed by atoms with Gasteiger partial charge in [-0.05, 0) is 36.2 Å². The highest BCUT2D eigenvalue weighted by Crippen LogP contribution is 2.13. The molecule has 0 saturated carbocycles. The van der Waals surface area contributed by atoms with Gasteiger partial charge in [0, 0.05) is 6.54 Å². The van der Waals surface area contributed by atoms with Crippen LogP contribution < -0.4 is 14.8 Å². The normalized spacial score (nSPS) is 11.0. The molecule has 0 amide bonds. The van der Waals surface area contributed by atoms with Crippen LogP contribution in [0.25, 0.3) is 0 Å². The minimum Gasteiger partial charge on any atom is -0.497 e. The standard InChI is InChI=1S/C15H19N3O3S/c1-21-14-6-3-12(4-7-14)9-10-16-15-8-5-13(11-17-15)18-22(2,19)20/h3-8,11,18H,9-10H2,1-2H3,(H,16,17). The monoisotopic (exact) mass is 321 g/mol. The number of sulfonamides is 1. The van der Waals surface area contributed by atoms with Crippen molar-refractivity contribution in [3.8, 4) is 5.75 Å². The third kappa shape index (κ3) is 5.25. The molecule has 0 fully saturated rings. The molecule has 22 heavy (non-hydrogen) atoms. The van der Waals surface area contributed by atoms with E-state index in [1.54, 1.807) is 19.2 Å². The van der Waals surface area contributed by atoms with Gasteiger partial charge in [0.1, 0.15) is 11.6 Å². The van der Waals surface area contributed by atoms with Gasteiger partial charge in [0.15, 0.2) is 0 Å². The topological polar surface area (TPSA) is 80.3 Å². The van der Waals surface area contributed by atoms with Gasteiger partial charge >= 0.3 is 0 Å². The SMILES string of the molecule is COc1ccc(CCNc2ccc(NS(C)(=O)=O)cn2)cc1. The van der Waals surface area contributed by atoms with E-state index in [9.17, 15) is 8.42 Å². The third-order valence-corrected chi connectivity index (χ3v) is 3.55. The van der Waals surface area contributed by atoms with Gasteiger partial charge in [0.05, 0.1) is 25.2 Å². The summed E-state index contributed by atoms with van der Waals surface area (Å²) in [5.74, 6) is 1.54. The second-order valence-electron chi connectivity index (χ2n) is 4.83. The van der Waals surface area contributed by atoms with Gasteiger partial charge in [-0.15, -0.1) is 0 Å². The molecule has 2 aromatic rings. The van der Waals surface area contributed by atoms with Crippen LogP contribution in [0, 0.1) is 0 Å². The fraction of sp³-hybridized carbons (Fsp3) is 0.267. The lowest BCUT2D eigenvalue weighted by molar-refractivity contribution is 0.414. The van der Waals surface area contributed by atoms with Crippen LogP contribution in [0.2, 0.25) is 0 Å². The molecule has 118 valence electrons. The van der Waals surface area contributed by atoms with Gasteiger partial charge in [-0.1, -0.05) is 12.1 Å². The number of ether oxygens (including phenoxy) is 1. The Morgan fingerprint density at radius 1 is 1.14 bits per heavy atom. The Morgan fingerprint density at radius 3 is 2.41 bits per heavy atom. The molecule has 0 spiro atoms. The van der Waals surface area contributed by atoms with Crippen molar-refractivity contribution in [3.05, 3.63) is 48.2 Å². The van der Waals surface area contributed by atoms with E-state index in [2.05, 4.69) is 15.0 Å². The molecular formula is C15H19N3O3S. The maximum absolute atomic E-state index is 11.1. The fourth-order valence-electron chi connectivity index (χ4n) is 1.90. The number of hydrogen-bond acceptors (Lipinski definition) is 5. The quantitative estimate of drug-likeness (QED) is 0.816. The van der Waals surface area contributed by atoms with E-state index in [0.29, 0.717) is 11.5 Å². The van der Waals surface area contributed by atoms with Crippen LogP contribution in [0.1, 0.15) is 5.56 Å². The molecule has 0 radical (unpaired) electrons. The zero-order valence-corrected chi connectivity index (χ0v) is 13.4. The zero-order chi connectivity index (χ0) is 16.0. The minimum atomic E-state index is -3.27. The second kappa shape index (κ2) is 7.13. The number of anilines is 2. The molecule has 0 atom stereocenters. The summed E-state index contributed by atoms with van der Waals surface area (Å²) < 4.78 is 29.7. The van der Waals surface area contributed by atoms with E-state index in [0.717, 1.165) is 25.0 Å². The van der Waals surface area contributed by atoms with Crippen molar-refractivity contribution in [3.63, 3.8) is 0 Å². The zero-order valence-electron chi connectivity index (χ0n) is 12.5. The molecule has 0 aliphatic heterocycles. The second-order valence-corrected chi connectivity index (χ2v) is 6.58. The lowest BCUT2D eigenvalue weighted by Crippen LogP contribution is -2.10. The minimum absolute atomic E-state index is 0.447. The molecule has 0 saturated heterocycles. The van der Waals surface area contributed by atoms with Gasteiger partial charge < -0.3 is 10.1 Å². The van der Waals surface area contributed by atoms with E-state index in [1.165, 1.54) is 11.8 Å². The Morgan fingerprint density at radius 2 is 1.86 bits per heavy atom. The number of pyridine rings is 1. The van der Waals surface area contributed by atoms with Crippen LogP contribution in [0.5, 0.6) is 5.75 Å². The molecule has 0 aliphatic rings. The molecule has 6 nitrogen and oxygen atoms in total. The summed E-state index contributed by atoms with van der Waals surface area (Å²) >= 11 is 0. The van der Waals surface area contributed by atoms with Crippen LogP contribution in [0.3, 0.4) is 0 Å². The van der Waals surface area contributed by atoms with Crippen LogP contribution in [-0.2, 0) is 16.4 Å². The van der Waals surface area contributed by atoms with Gasteiger partial charge in [-0.25, -0.2) is 13.4 Å². The van der Waals surface area contributed by atoms with Crippen molar-refractivity contribution < 1.29 is 13.2 Å². The summed E-state index contributed by atoms with van der Waals surface area (Å²) in [6.45, 7) is 0.734. The molecule has 1 heterocycles. The van der Waals surface area contributed by atoms with E-state index in [4.69, 9.17) is 4.74 Å². The largest absolute Gasteiger partial charge is 0.497 e. The van der Waals surface area contributed by atoms with E-state index in [-0.39, 0.29) is 0 Å². The molecular weight excluding hydrogens is 302 g/mol. The number of hydrogen-bond donors (Lipinski definition) is 2. The van der Waals surface area contributed by atoms with Crippen molar-refractivity contribution in [2.75, 3.05) is 29.9 Å². The molecule has 1 aromatic heterocycles. The Hall–Kier alpha value is -2.28. The van der Waals surface area contributed by atoms with Crippen LogP contribution in [0.15, 0.2) is 42.6 Å². The summed E-state index contributed by atoms with van der Waals surface area (Å²) in [5.41, 5.74) is 1.65. The van der Waals surface area contributed by atoms with Gasteiger partial charge in [0.25, 0.3) is 0 Å². The lowest BCUT2D eigenvalue weighted by atomic mass is 10.1. The first kappa shape index (κ1) is 16.1. The smallest absolute Gasteiger partial charge is 0.229 e. The average Bonchev–Trinajstić information content (AvgIpc) is 2.48. The Kier molecular flexibility index (Phi) is 5.21. The number of rotatable bonds is 7. The lowest BCUT2D eigenvalue weighted by Gasteiger charge is -2.08. The first-order chi connectivity index (χ1) is 10.5. The molecule has 2 rings (SSSR count). The third-order valence-electron chi connectivity index (χ3n) is 2.95.